The van der Waals surface area contributed by atoms with Crippen molar-refractivity contribution in [3.05, 3.63) is 84.5 Å². The third kappa shape index (κ3) is 5.33. The number of urea groups is 1. The first-order valence-corrected chi connectivity index (χ1v) is 12.9. The molecule has 0 aliphatic carbocycles. The van der Waals surface area contributed by atoms with Crippen LogP contribution in [-0.4, -0.2) is 26.5 Å². The molecule has 0 atom stereocenters. The summed E-state index contributed by atoms with van der Waals surface area (Å²) < 4.78 is 26.6. The molecule has 35 heavy (non-hydrogen) atoms. The summed E-state index contributed by atoms with van der Waals surface area (Å²) in [4.78, 5) is 40.5. The number of hydrogen-bond donors (Lipinski definition) is 4. The summed E-state index contributed by atoms with van der Waals surface area (Å²) in [6.07, 6.45) is 0. The van der Waals surface area contributed by atoms with Gasteiger partial charge in [0, 0.05) is 41.0 Å². The SMILES string of the molecule is CNc1ccc2c(=O)c(-c3ccc(NC(=O)NS(=O)(=O)c4ccc(Cl)s4)cc3Cl)cc(=O)[nH]c2c1. The fourth-order valence-electron chi connectivity index (χ4n) is 3.29. The Morgan fingerprint density at radius 1 is 0.943 bits per heavy atom. The molecule has 4 N–H and O–H groups in total. The van der Waals surface area contributed by atoms with Crippen LogP contribution in [0.5, 0.6) is 0 Å². The molecule has 0 aliphatic rings. The zero-order valence-electron chi connectivity index (χ0n) is 17.8. The number of aromatic nitrogens is 1. The summed E-state index contributed by atoms with van der Waals surface area (Å²) in [7, 11) is -2.39. The standard InChI is InChI=1S/C22H16Cl2N4O5S2/c1-25-11-2-5-14-17(9-11)27-19(29)10-15(21(14)30)13-4-3-12(8-16(13)23)26-22(31)28-35(32,33)20-7-6-18(24)34-20/h2-10,25H,1H3,(H,27,29)(H2,26,28,31). The number of fused-ring (bicyclic) bond motifs is 1. The van der Waals surface area contributed by atoms with Gasteiger partial charge in [-0.1, -0.05) is 29.3 Å². The highest BCUT2D eigenvalue weighted by Gasteiger charge is 2.20. The summed E-state index contributed by atoms with van der Waals surface area (Å²) in [6, 6.07) is 12.0. The van der Waals surface area contributed by atoms with Gasteiger partial charge < -0.3 is 15.6 Å². The Labute approximate surface area is 212 Å². The molecule has 0 fully saturated rings. The maximum absolute atomic E-state index is 13.2. The van der Waals surface area contributed by atoms with Gasteiger partial charge in [-0.05, 0) is 42.5 Å². The Morgan fingerprint density at radius 3 is 2.34 bits per heavy atom. The van der Waals surface area contributed by atoms with E-state index >= 15 is 0 Å². The first-order valence-electron chi connectivity index (χ1n) is 9.85. The lowest BCUT2D eigenvalue weighted by Gasteiger charge is -2.09. The number of benzene rings is 2. The minimum Gasteiger partial charge on any atom is -0.388 e. The molecule has 0 bridgehead atoms. The van der Waals surface area contributed by atoms with Crippen LogP contribution < -0.4 is 26.3 Å². The number of sulfonamides is 1. The van der Waals surface area contributed by atoms with Crippen molar-refractivity contribution in [2.45, 2.75) is 4.21 Å². The van der Waals surface area contributed by atoms with E-state index in [0.29, 0.717) is 5.52 Å². The molecule has 9 nitrogen and oxygen atoms in total. The minimum absolute atomic E-state index is 0.0663. The Kier molecular flexibility index (Phi) is 6.86. The normalized spacial score (nSPS) is 11.3. The Hall–Kier alpha value is -3.38. The van der Waals surface area contributed by atoms with Gasteiger partial charge in [0.2, 0.25) is 5.56 Å². The number of carbonyl (C=O) groups excluding carboxylic acids is 1. The Balaban J connectivity index is 1.65. The topological polar surface area (TPSA) is 137 Å². The van der Waals surface area contributed by atoms with Crippen LogP contribution in [0.2, 0.25) is 9.36 Å². The summed E-state index contributed by atoms with van der Waals surface area (Å²) in [6.45, 7) is 0. The van der Waals surface area contributed by atoms with E-state index in [2.05, 4.69) is 15.6 Å². The molecule has 2 aromatic heterocycles. The molecule has 13 heteroatoms. The number of aromatic amines is 1. The van der Waals surface area contributed by atoms with E-state index in [9.17, 15) is 22.8 Å². The summed E-state index contributed by atoms with van der Waals surface area (Å²) in [5, 5.41) is 5.67. The van der Waals surface area contributed by atoms with Crippen molar-refractivity contribution in [3.63, 3.8) is 0 Å². The minimum atomic E-state index is -4.11. The predicted molar refractivity (Wildman–Crippen MR) is 140 cm³/mol. The summed E-state index contributed by atoms with van der Waals surface area (Å²) >= 11 is 12.9. The van der Waals surface area contributed by atoms with Crippen molar-refractivity contribution in [1.29, 1.82) is 0 Å². The van der Waals surface area contributed by atoms with E-state index in [-0.39, 0.29) is 35.8 Å². The van der Waals surface area contributed by atoms with Gasteiger partial charge in [0.15, 0.2) is 5.43 Å². The number of amides is 2. The average molecular weight is 551 g/mol. The van der Waals surface area contributed by atoms with Crippen molar-refractivity contribution < 1.29 is 13.2 Å². The second kappa shape index (κ2) is 9.70. The van der Waals surface area contributed by atoms with Crippen LogP contribution in [0.25, 0.3) is 22.0 Å². The molecule has 0 saturated heterocycles. The molecular formula is C22H16Cl2N4O5S2. The third-order valence-electron chi connectivity index (χ3n) is 4.89. The highest BCUT2D eigenvalue weighted by Crippen LogP contribution is 2.29. The van der Waals surface area contributed by atoms with Gasteiger partial charge in [-0.2, -0.15) is 0 Å². The molecule has 180 valence electrons. The maximum atomic E-state index is 13.2. The van der Waals surface area contributed by atoms with Gasteiger partial charge in [-0.3, -0.25) is 9.59 Å². The van der Waals surface area contributed by atoms with Gasteiger partial charge in [-0.15, -0.1) is 11.3 Å². The van der Waals surface area contributed by atoms with Crippen molar-refractivity contribution in [2.24, 2.45) is 0 Å². The largest absolute Gasteiger partial charge is 0.388 e. The highest BCUT2D eigenvalue weighted by molar-refractivity contribution is 7.92. The van der Waals surface area contributed by atoms with Gasteiger partial charge in [0.05, 0.1) is 14.9 Å². The number of halogens is 2. The molecule has 4 aromatic rings. The number of H-pyrrole nitrogens is 1. The first kappa shape index (κ1) is 24.7. The van der Waals surface area contributed by atoms with Crippen molar-refractivity contribution in [3.8, 4) is 11.1 Å². The molecule has 2 heterocycles. The Bertz CT molecular complexity index is 1700. The van der Waals surface area contributed by atoms with E-state index in [4.69, 9.17) is 23.2 Å². The van der Waals surface area contributed by atoms with Crippen molar-refractivity contribution in [2.75, 3.05) is 17.7 Å². The number of anilines is 2. The summed E-state index contributed by atoms with van der Waals surface area (Å²) in [5.41, 5.74) is 0.661. The lowest BCUT2D eigenvalue weighted by molar-refractivity contribution is 0.256. The molecular weight excluding hydrogens is 535 g/mol. The van der Waals surface area contributed by atoms with Crippen LogP contribution in [-0.2, 0) is 10.0 Å². The molecule has 0 aliphatic heterocycles. The monoisotopic (exact) mass is 550 g/mol. The number of rotatable bonds is 5. The van der Waals surface area contributed by atoms with Crippen LogP contribution in [0.1, 0.15) is 0 Å². The number of thiophene rings is 1. The van der Waals surface area contributed by atoms with Gasteiger partial charge in [0.25, 0.3) is 10.0 Å². The predicted octanol–water partition coefficient (Wildman–Crippen LogP) is 4.48. The van der Waals surface area contributed by atoms with E-state index in [0.717, 1.165) is 23.1 Å². The van der Waals surface area contributed by atoms with Crippen molar-refractivity contribution >= 4 is 72.9 Å². The van der Waals surface area contributed by atoms with Gasteiger partial charge in [0.1, 0.15) is 4.21 Å². The van der Waals surface area contributed by atoms with Crippen LogP contribution in [0.15, 0.2) is 68.4 Å². The molecule has 4 rings (SSSR count). The molecule has 0 saturated carbocycles. The quantitative estimate of drug-likeness (QED) is 0.289. The number of carbonyl (C=O) groups is 1. The van der Waals surface area contributed by atoms with Crippen molar-refractivity contribution in [1.82, 2.24) is 9.71 Å². The lowest BCUT2D eigenvalue weighted by atomic mass is 10.0. The molecule has 0 spiro atoms. The fraction of sp³-hybridized carbons (Fsp3) is 0.0455. The second-order valence-electron chi connectivity index (χ2n) is 7.20. The van der Waals surface area contributed by atoms with Crippen LogP contribution >= 0.6 is 34.5 Å². The molecule has 2 aromatic carbocycles. The fourth-order valence-corrected chi connectivity index (χ4v) is 5.97. The van der Waals surface area contributed by atoms with Crippen LogP contribution in [0.3, 0.4) is 0 Å². The zero-order chi connectivity index (χ0) is 25.3. The van der Waals surface area contributed by atoms with E-state index in [1.165, 1.54) is 30.3 Å². The van der Waals surface area contributed by atoms with E-state index in [1.807, 2.05) is 4.72 Å². The maximum Gasteiger partial charge on any atom is 0.333 e. The second-order valence-corrected chi connectivity index (χ2v) is 11.2. The van der Waals surface area contributed by atoms with Crippen LogP contribution in [0.4, 0.5) is 16.2 Å². The highest BCUT2D eigenvalue weighted by atomic mass is 35.5. The van der Waals surface area contributed by atoms with Gasteiger partial charge >= 0.3 is 6.03 Å². The lowest BCUT2D eigenvalue weighted by Crippen LogP contribution is -2.33. The molecule has 0 radical (unpaired) electrons. The van der Waals surface area contributed by atoms with Gasteiger partial charge in [-0.25, -0.2) is 17.9 Å². The first-order chi connectivity index (χ1) is 16.6. The average Bonchev–Trinajstić information content (AvgIpc) is 3.19. The summed E-state index contributed by atoms with van der Waals surface area (Å²) in [5.74, 6) is 0. The molecule has 0 unspecified atom stereocenters. The third-order valence-corrected chi connectivity index (χ3v) is 8.26. The Morgan fingerprint density at radius 2 is 1.69 bits per heavy atom. The number of hydrogen-bond acceptors (Lipinski definition) is 7. The smallest absolute Gasteiger partial charge is 0.333 e. The number of nitrogens with one attached hydrogen (secondary N) is 4. The van der Waals surface area contributed by atoms with Crippen LogP contribution in [0, 0.1) is 0 Å². The van der Waals surface area contributed by atoms with E-state index < -0.39 is 27.0 Å². The molecule has 2 amide bonds. The zero-order valence-corrected chi connectivity index (χ0v) is 21.0. The van der Waals surface area contributed by atoms with E-state index in [1.54, 1.807) is 25.2 Å².